The summed E-state index contributed by atoms with van der Waals surface area (Å²) in [6.45, 7) is 0. The summed E-state index contributed by atoms with van der Waals surface area (Å²) >= 11 is 11.8. The van der Waals surface area contributed by atoms with Gasteiger partial charge in [-0.2, -0.15) is 13.2 Å². The summed E-state index contributed by atoms with van der Waals surface area (Å²) in [4.78, 5) is 0. The van der Waals surface area contributed by atoms with Crippen LogP contribution in [0.25, 0.3) is 0 Å². The molecule has 2 rings (SSSR count). The summed E-state index contributed by atoms with van der Waals surface area (Å²) < 4.78 is 38.5. The standard InChI is InChI=1S/C15H18Cl2F3N/c16-12-5-4-9(6-13(12)17)7-14(21)10-2-1-3-11(8-10)15(18,19)20/h4-6,10-11,14H,1-3,7-8,21H2. The first kappa shape index (κ1) is 16.9. The van der Waals surface area contributed by atoms with Crippen molar-refractivity contribution in [3.8, 4) is 0 Å². The lowest BCUT2D eigenvalue weighted by molar-refractivity contribution is -0.186. The van der Waals surface area contributed by atoms with Crippen molar-refractivity contribution >= 4 is 23.2 Å². The maximum atomic E-state index is 12.8. The monoisotopic (exact) mass is 339 g/mol. The van der Waals surface area contributed by atoms with Crippen molar-refractivity contribution in [2.24, 2.45) is 17.6 Å². The molecule has 1 fully saturated rings. The fraction of sp³-hybridized carbons (Fsp3) is 0.600. The smallest absolute Gasteiger partial charge is 0.327 e. The molecule has 0 bridgehead atoms. The highest BCUT2D eigenvalue weighted by atomic mass is 35.5. The summed E-state index contributed by atoms with van der Waals surface area (Å²) in [5, 5.41) is 0.905. The molecule has 118 valence electrons. The predicted molar refractivity (Wildman–Crippen MR) is 79.6 cm³/mol. The van der Waals surface area contributed by atoms with Gasteiger partial charge in [-0.25, -0.2) is 0 Å². The van der Waals surface area contributed by atoms with Crippen LogP contribution < -0.4 is 5.73 Å². The predicted octanol–water partition coefficient (Wildman–Crippen LogP) is 5.23. The highest BCUT2D eigenvalue weighted by molar-refractivity contribution is 6.42. The summed E-state index contributed by atoms with van der Waals surface area (Å²) in [6, 6.07) is 4.95. The quantitative estimate of drug-likeness (QED) is 0.801. The molecule has 1 nitrogen and oxygen atoms in total. The molecule has 2 N–H and O–H groups in total. The van der Waals surface area contributed by atoms with Gasteiger partial charge in [0.25, 0.3) is 0 Å². The zero-order chi connectivity index (χ0) is 15.6. The minimum atomic E-state index is -4.11. The Kier molecular flexibility index (Phi) is 5.44. The molecular weight excluding hydrogens is 322 g/mol. The van der Waals surface area contributed by atoms with E-state index in [0.717, 1.165) is 12.0 Å². The maximum Gasteiger partial charge on any atom is 0.391 e. The van der Waals surface area contributed by atoms with Crippen LogP contribution in [-0.4, -0.2) is 12.2 Å². The number of benzene rings is 1. The maximum absolute atomic E-state index is 12.8. The molecule has 0 aromatic heterocycles. The molecule has 0 spiro atoms. The highest BCUT2D eigenvalue weighted by Crippen LogP contribution is 2.41. The number of alkyl halides is 3. The van der Waals surface area contributed by atoms with Gasteiger partial charge >= 0.3 is 6.18 Å². The topological polar surface area (TPSA) is 26.0 Å². The van der Waals surface area contributed by atoms with Crippen molar-refractivity contribution in [1.82, 2.24) is 0 Å². The van der Waals surface area contributed by atoms with E-state index < -0.39 is 12.1 Å². The van der Waals surface area contributed by atoms with Crippen molar-refractivity contribution in [3.63, 3.8) is 0 Å². The Bertz CT molecular complexity index is 490. The van der Waals surface area contributed by atoms with Crippen LogP contribution in [0.15, 0.2) is 18.2 Å². The normalized spacial score (nSPS) is 24.9. The molecule has 1 aromatic carbocycles. The van der Waals surface area contributed by atoms with E-state index in [0.29, 0.717) is 22.9 Å². The molecule has 0 heterocycles. The van der Waals surface area contributed by atoms with E-state index in [9.17, 15) is 13.2 Å². The Morgan fingerprint density at radius 1 is 1.19 bits per heavy atom. The Morgan fingerprint density at radius 2 is 1.90 bits per heavy atom. The van der Waals surface area contributed by atoms with Crippen molar-refractivity contribution in [2.45, 2.75) is 44.3 Å². The fourth-order valence-electron chi connectivity index (χ4n) is 3.02. The molecule has 0 saturated heterocycles. The molecule has 21 heavy (non-hydrogen) atoms. The van der Waals surface area contributed by atoms with E-state index in [1.807, 2.05) is 6.07 Å². The molecular formula is C15H18Cl2F3N. The zero-order valence-corrected chi connectivity index (χ0v) is 13.0. The van der Waals surface area contributed by atoms with Gasteiger partial charge in [0.1, 0.15) is 0 Å². The Balaban J connectivity index is 1.99. The zero-order valence-electron chi connectivity index (χ0n) is 11.5. The fourth-order valence-corrected chi connectivity index (χ4v) is 3.34. The van der Waals surface area contributed by atoms with E-state index >= 15 is 0 Å². The first-order valence-corrected chi connectivity index (χ1v) is 7.79. The van der Waals surface area contributed by atoms with Gasteiger partial charge in [-0.3, -0.25) is 0 Å². The van der Waals surface area contributed by atoms with Gasteiger partial charge < -0.3 is 5.73 Å². The van der Waals surface area contributed by atoms with Crippen LogP contribution in [0.2, 0.25) is 10.0 Å². The Morgan fingerprint density at radius 3 is 2.52 bits per heavy atom. The van der Waals surface area contributed by atoms with Crippen molar-refractivity contribution in [1.29, 1.82) is 0 Å². The third kappa shape index (κ3) is 4.51. The second-order valence-corrected chi connectivity index (χ2v) is 6.60. The molecule has 1 aliphatic carbocycles. The van der Waals surface area contributed by atoms with Crippen LogP contribution in [0.1, 0.15) is 31.2 Å². The van der Waals surface area contributed by atoms with Crippen molar-refractivity contribution in [2.75, 3.05) is 0 Å². The van der Waals surface area contributed by atoms with Gasteiger partial charge in [0.05, 0.1) is 16.0 Å². The van der Waals surface area contributed by atoms with E-state index in [1.165, 1.54) is 0 Å². The molecule has 1 aliphatic rings. The Labute approximate surface area is 132 Å². The lowest BCUT2D eigenvalue weighted by Gasteiger charge is -2.33. The van der Waals surface area contributed by atoms with Gasteiger partial charge in [-0.05, 0) is 49.3 Å². The largest absolute Gasteiger partial charge is 0.391 e. The number of hydrogen-bond donors (Lipinski definition) is 1. The van der Waals surface area contributed by atoms with E-state index in [1.54, 1.807) is 12.1 Å². The van der Waals surface area contributed by atoms with Gasteiger partial charge in [0.2, 0.25) is 0 Å². The van der Waals surface area contributed by atoms with Crippen LogP contribution in [-0.2, 0) is 6.42 Å². The number of rotatable bonds is 3. The minimum absolute atomic E-state index is 0.0974. The van der Waals surface area contributed by atoms with Crippen LogP contribution >= 0.6 is 23.2 Å². The van der Waals surface area contributed by atoms with E-state index in [-0.39, 0.29) is 24.8 Å². The molecule has 0 aliphatic heterocycles. The SMILES string of the molecule is NC(Cc1ccc(Cl)c(Cl)c1)C1CCCC(C(F)(F)F)C1. The second kappa shape index (κ2) is 6.76. The van der Waals surface area contributed by atoms with Crippen LogP contribution in [0.4, 0.5) is 13.2 Å². The average Bonchev–Trinajstić information content (AvgIpc) is 2.42. The minimum Gasteiger partial charge on any atom is -0.327 e. The lowest BCUT2D eigenvalue weighted by atomic mass is 9.76. The number of nitrogens with two attached hydrogens (primary N) is 1. The number of hydrogen-bond acceptors (Lipinski definition) is 1. The molecule has 3 atom stereocenters. The third-order valence-corrected chi connectivity index (χ3v) is 4.98. The molecule has 1 aromatic rings. The van der Waals surface area contributed by atoms with Gasteiger partial charge in [-0.15, -0.1) is 0 Å². The van der Waals surface area contributed by atoms with Gasteiger partial charge in [-0.1, -0.05) is 35.7 Å². The highest BCUT2D eigenvalue weighted by Gasteiger charge is 2.43. The van der Waals surface area contributed by atoms with Crippen LogP contribution in [0.5, 0.6) is 0 Å². The summed E-state index contributed by atoms with van der Waals surface area (Å²) in [6.07, 6.45) is -1.89. The molecule has 3 unspecified atom stereocenters. The molecule has 0 amide bonds. The van der Waals surface area contributed by atoms with E-state index in [4.69, 9.17) is 28.9 Å². The van der Waals surface area contributed by atoms with E-state index in [2.05, 4.69) is 0 Å². The third-order valence-electron chi connectivity index (χ3n) is 4.24. The summed E-state index contributed by atoms with van der Waals surface area (Å²) in [7, 11) is 0. The first-order chi connectivity index (χ1) is 9.77. The number of halogens is 5. The summed E-state index contributed by atoms with van der Waals surface area (Å²) in [5.41, 5.74) is 7.04. The van der Waals surface area contributed by atoms with Crippen LogP contribution in [0.3, 0.4) is 0 Å². The molecule has 0 radical (unpaired) electrons. The first-order valence-electron chi connectivity index (χ1n) is 7.03. The van der Waals surface area contributed by atoms with Crippen molar-refractivity contribution in [3.05, 3.63) is 33.8 Å². The molecule has 6 heteroatoms. The summed E-state index contributed by atoms with van der Waals surface area (Å²) in [5.74, 6) is -1.31. The average molecular weight is 340 g/mol. The lowest BCUT2D eigenvalue weighted by Crippen LogP contribution is -2.38. The van der Waals surface area contributed by atoms with Gasteiger partial charge in [0, 0.05) is 6.04 Å². The second-order valence-electron chi connectivity index (χ2n) is 5.78. The Hall–Kier alpha value is -0.450. The molecule has 1 saturated carbocycles. The van der Waals surface area contributed by atoms with Crippen molar-refractivity contribution < 1.29 is 13.2 Å². The van der Waals surface area contributed by atoms with Crippen LogP contribution in [0, 0.1) is 11.8 Å². The van der Waals surface area contributed by atoms with Gasteiger partial charge in [0.15, 0.2) is 0 Å².